The van der Waals surface area contributed by atoms with Gasteiger partial charge in [-0.15, -0.1) is 0 Å². The number of rotatable bonds is 6. The van der Waals surface area contributed by atoms with E-state index < -0.39 is 6.61 Å². The monoisotopic (exact) mass is 360 g/mol. The van der Waals surface area contributed by atoms with Crippen LogP contribution in [0.3, 0.4) is 0 Å². The third-order valence-electron chi connectivity index (χ3n) is 2.73. The van der Waals surface area contributed by atoms with E-state index in [2.05, 4.69) is 15.3 Å². The van der Waals surface area contributed by atoms with Crippen LogP contribution in [0.1, 0.15) is 5.56 Å². The van der Waals surface area contributed by atoms with Gasteiger partial charge in [-0.3, -0.25) is 5.43 Å². The van der Waals surface area contributed by atoms with E-state index >= 15 is 0 Å². The molecule has 0 saturated heterocycles. The summed E-state index contributed by atoms with van der Waals surface area (Å²) in [5.74, 6) is 0.140. The van der Waals surface area contributed by atoms with Gasteiger partial charge in [0.2, 0.25) is 0 Å². The Balaban J connectivity index is 2.08. The maximum Gasteiger partial charge on any atom is 0.387 e. The molecule has 2 aromatic carbocycles. The third-order valence-corrected chi connectivity index (χ3v) is 3.47. The Hall–Kier alpha value is -2.05. The fourth-order valence-electron chi connectivity index (χ4n) is 1.70. The van der Waals surface area contributed by atoms with Crippen LogP contribution in [0, 0.1) is 0 Å². The Bertz CT molecular complexity index is 712. The van der Waals surface area contributed by atoms with Crippen LogP contribution in [-0.2, 0) is 0 Å². The van der Waals surface area contributed by atoms with Crippen molar-refractivity contribution in [2.24, 2.45) is 5.10 Å². The van der Waals surface area contributed by atoms with Crippen LogP contribution in [0.4, 0.5) is 14.5 Å². The first kappa shape index (κ1) is 17.3. The molecule has 4 nitrogen and oxygen atoms in total. The van der Waals surface area contributed by atoms with Crippen molar-refractivity contribution >= 4 is 35.1 Å². The fourth-order valence-corrected chi connectivity index (χ4v) is 2.00. The average molecular weight is 361 g/mol. The minimum absolute atomic E-state index is 0.0444. The van der Waals surface area contributed by atoms with Crippen LogP contribution in [0.15, 0.2) is 41.5 Å². The van der Waals surface area contributed by atoms with Crippen molar-refractivity contribution in [3.05, 3.63) is 52.0 Å². The number of nitrogens with one attached hydrogen (secondary N) is 1. The molecule has 0 unspecified atom stereocenters. The second-order valence-electron chi connectivity index (χ2n) is 4.29. The van der Waals surface area contributed by atoms with E-state index in [0.717, 1.165) is 0 Å². The van der Waals surface area contributed by atoms with Crippen LogP contribution in [0.25, 0.3) is 0 Å². The summed E-state index contributed by atoms with van der Waals surface area (Å²) in [6.45, 7) is -2.92. The van der Waals surface area contributed by atoms with Crippen molar-refractivity contribution in [1.82, 2.24) is 0 Å². The van der Waals surface area contributed by atoms with E-state index in [9.17, 15) is 8.78 Å². The minimum Gasteiger partial charge on any atom is -0.493 e. The molecule has 0 bridgehead atoms. The van der Waals surface area contributed by atoms with Gasteiger partial charge in [-0.05, 0) is 42.0 Å². The Labute approximate surface area is 141 Å². The average Bonchev–Trinajstić information content (AvgIpc) is 2.51. The molecular formula is C15H12Cl2F2N2O2. The van der Waals surface area contributed by atoms with E-state index in [-0.39, 0.29) is 11.5 Å². The molecule has 0 heterocycles. The maximum atomic E-state index is 12.3. The van der Waals surface area contributed by atoms with Gasteiger partial charge < -0.3 is 9.47 Å². The summed E-state index contributed by atoms with van der Waals surface area (Å²) in [7, 11) is 1.36. The molecule has 0 aromatic heterocycles. The normalized spacial score (nSPS) is 11.0. The molecule has 8 heteroatoms. The first-order valence-corrected chi connectivity index (χ1v) is 7.12. The van der Waals surface area contributed by atoms with E-state index in [1.165, 1.54) is 25.5 Å². The van der Waals surface area contributed by atoms with Gasteiger partial charge in [0, 0.05) is 0 Å². The van der Waals surface area contributed by atoms with Crippen LogP contribution in [0.2, 0.25) is 10.0 Å². The Morgan fingerprint density at radius 1 is 1.09 bits per heavy atom. The topological polar surface area (TPSA) is 42.8 Å². The largest absolute Gasteiger partial charge is 0.493 e. The lowest BCUT2D eigenvalue weighted by atomic mass is 10.2. The highest BCUT2D eigenvalue weighted by atomic mass is 35.5. The summed E-state index contributed by atoms with van der Waals surface area (Å²) >= 11 is 11.7. The summed E-state index contributed by atoms with van der Waals surface area (Å²) in [4.78, 5) is 0. The number of nitrogens with zero attached hydrogens (tertiary/aromatic N) is 1. The molecule has 0 saturated carbocycles. The van der Waals surface area contributed by atoms with Crippen molar-refractivity contribution in [3.63, 3.8) is 0 Å². The van der Waals surface area contributed by atoms with Crippen LogP contribution < -0.4 is 14.9 Å². The lowest BCUT2D eigenvalue weighted by Crippen LogP contribution is -2.03. The van der Waals surface area contributed by atoms with E-state index in [4.69, 9.17) is 27.9 Å². The second-order valence-corrected chi connectivity index (χ2v) is 5.10. The molecule has 0 atom stereocenters. The van der Waals surface area contributed by atoms with Crippen LogP contribution in [0.5, 0.6) is 11.5 Å². The van der Waals surface area contributed by atoms with Crippen molar-refractivity contribution < 1.29 is 18.3 Å². The molecule has 2 rings (SSSR count). The zero-order valence-corrected chi connectivity index (χ0v) is 13.4. The molecule has 23 heavy (non-hydrogen) atoms. The van der Waals surface area contributed by atoms with Crippen molar-refractivity contribution in [2.75, 3.05) is 12.5 Å². The molecule has 0 amide bonds. The molecule has 1 N–H and O–H groups in total. The summed E-state index contributed by atoms with van der Waals surface area (Å²) in [6.07, 6.45) is 1.50. The van der Waals surface area contributed by atoms with Gasteiger partial charge in [0.15, 0.2) is 11.5 Å². The minimum atomic E-state index is -2.92. The highest BCUT2D eigenvalue weighted by Crippen LogP contribution is 2.29. The summed E-state index contributed by atoms with van der Waals surface area (Å²) in [6, 6.07) is 9.46. The van der Waals surface area contributed by atoms with E-state index in [1.807, 2.05) is 0 Å². The molecule has 122 valence electrons. The van der Waals surface area contributed by atoms with Gasteiger partial charge in [-0.25, -0.2) is 0 Å². The second kappa shape index (κ2) is 7.99. The first-order chi connectivity index (χ1) is 11.0. The van der Waals surface area contributed by atoms with Crippen molar-refractivity contribution in [2.45, 2.75) is 6.61 Å². The smallest absolute Gasteiger partial charge is 0.387 e. The summed E-state index contributed by atoms with van der Waals surface area (Å²) in [5, 5.41) is 4.88. The Morgan fingerprint density at radius 2 is 1.87 bits per heavy atom. The summed E-state index contributed by atoms with van der Waals surface area (Å²) < 4.78 is 33.9. The van der Waals surface area contributed by atoms with Crippen molar-refractivity contribution in [1.29, 1.82) is 0 Å². The predicted molar refractivity (Wildman–Crippen MR) is 87.3 cm³/mol. The van der Waals surface area contributed by atoms with Crippen LogP contribution >= 0.6 is 23.2 Å². The zero-order chi connectivity index (χ0) is 16.8. The fraction of sp³-hybridized carbons (Fsp3) is 0.133. The lowest BCUT2D eigenvalue weighted by Gasteiger charge is -2.10. The van der Waals surface area contributed by atoms with Gasteiger partial charge in [-0.1, -0.05) is 23.2 Å². The quantitative estimate of drug-likeness (QED) is 0.578. The van der Waals surface area contributed by atoms with E-state index in [1.54, 1.807) is 24.3 Å². The molecule has 2 aromatic rings. The first-order valence-electron chi connectivity index (χ1n) is 6.36. The molecular weight excluding hydrogens is 349 g/mol. The number of halogens is 4. The number of benzene rings is 2. The standard InChI is InChI=1S/C15H12Cl2F2N2O2/c1-22-14-6-9(2-5-13(14)23-15(18)19)8-20-21-10-3-4-11(16)12(17)7-10/h2-8,15,21H,1H3/b20-8-. The van der Waals surface area contributed by atoms with Gasteiger partial charge >= 0.3 is 6.61 Å². The highest BCUT2D eigenvalue weighted by Gasteiger charge is 2.10. The number of methoxy groups -OCH3 is 1. The zero-order valence-electron chi connectivity index (χ0n) is 11.9. The van der Waals surface area contributed by atoms with Gasteiger partial charge in [-0.2, -0.15) is 13.9 Å². The highest BCUT2D eigenvalue weighted by molar-refractivity contribution is 6.42. The molecule has 0 aliphatic rings. The van der Waals surface area contributed by atoms with E-state index in [0.29, 0.717) is 21.3 Å². The maximum absolute atomic E-state index is 12.3. The number of anilines is 1. The Morgan fingerprint density at radius 3 is 2.52 bits per heavy atom. The third kappa shape index (κ3) is 4.97. The molecule has 0 radical (unpaired) electrons. The summed E-state index contributed by atoms with van der Waals surface area (Å²) in [5.41, 5.74) is 4.07. The lowest BCUT2D eigenvalue weighted by molar-refractivity contribution is -0.0512. The molecule has 0 spiro atoms. The molecule has 0 aliphatic heterocycles. The molecule has 0 aliphatic carbocycles. The van der Waals surface area contributed by atoms with Gasteiger partial charge in [0.05, 0.1) is 29.1 Å². The number of alkyl halides is 2. The number of hydrazone groups is 1. The van der Waals surface area contributed by atoms with Gasteiger partial charge in [0.25, 0.3) is 0 Å². The number of hydrogen-bond donors (Lipinski definition) is 1. The Kier molecular flexibility index (Phi) is 6.01. The number of ether oxygens (including phenoxy) is 2. The van der Waals surface area contributed by atoms with Gasteiger partial charge in [0.1, 0.15) is 0 Å². The van der Waals surface area contributed by atoms with Crippen molar-refractivity contribution in [3.8, 4) is 11.5 Å². The predicted octanol–water partition coefficient (Wildman–Crippen LogP) is 5.05. The SMILES string of the molecule is COc1cc(/C=N\Nc2ccc(Cl)c(Cl)c2)ccc1OC(F)F. The number of hydrogen-bond acceptors (Lipinski definition) is 4. The van der Waals surface area contributed by atoms with Crippen LogP contribution in [-0.4, -0.2) is 19.9 Å². The molecule has 0 fully saturated rings.